The molecule has 0 unspecified atom stereocenters. The largest absolute Gasteiger partial charge is 0.379 e. The predicted molar refractivity (Wildman–Crippen MR) is 80.3 cm³/mol. The van der Waals surface area contributed by atoms with Gasteiger partial charge in [0.2, 0.25) is 0 Å². The number of rotatable bonds is 4. The Labute approximate surface area is 122 Å². The monoisotopic (exact) mass is 275 g/mol. The Hall–Kier alpha value is -3.13. The summed E-state index contributed by atoms with van der Waals surface area (Å²) >= 11 is 0. The van der Waals surface area contributed by atoms with Gasteiger partial charge in [0.05, 0.1) is 23.1 Å². The molecule has 2 heterocycles. The molecule has 0 saturated carbocycles. The maximum absolute atomic E-state index is 9.03. The van der Waals surface area contributed by atoms with Crippen molar-refractivity contribution < 1.29 is 0 Å². The van der Waals surface area contributed by atoms with Crippen LogP contribution < -0.4 is 5.32 Å². The number of nitrogens with one attached hydrogen (secondary N) is 2. The molecule has 0 aliphatic heterocycles. The lowest BCUT2D eigenvalue weighted by Crippen LogP contribution is -2.01. The maximum Gasteiger partial charge on any atom is 0.101 e. The number of nitriles is 1. The number of benzene rings is 1. The van der Waals surface area contributed by atoms with E-state index in [1.54, 1.807) is 24.7 Å². The number of anilines is 1. The third kappa shape index (κ3) is 2.90. The molecule has 2 N–H and O–H groups in total. The van der Waals surface area contributed by atoms with Crippen LogP contribution in [0.25, 0.3) is 11.3 Å². The van der Waals surface area contributed by atoms with E-state index in [2.05, 4.69) is 26.6 Å². The Kier molecular flexibility index (Phi) is 3.61. The minimum absolute atomic E-state index is 0.596. The van der Waals surface area contributed by atoms with Gasteiger partial charge in [0.1, 0.15) is 6.07 Å². The van der Waals surface area contributed by atoms with Gasteiger partial charge in [-0.1, -0.05) is 24.3 Å². The summed E-state index contributed by atoms with van der Waals surface area (Å²) in [4.78, 5) is 4.03. The zero-order chi connectivity index (χ0) is 14.5. The molecular weight excluding hydrogens is 262 g/mol. The van der Waals surface area contributed by atoms with Gasteiger partial charge in [0.15, 0.2) is 0 Å². The maximum atomic E-state index is 9.03. The Balaban J connectivity index is 1.70. The standard InChI is InChI=1S/C16H13N5/c17-9-14-5-7-18-11-16(14)19-10-12-1-3-13(4-2-12)15-6-8-20-21-15/h1-8,11,19H,10H2,(H,20,21). The Bertz CT molecular complexity index is 754. The normalized spacial score (nSPS) is 10.0. The van der Waals surface area contributed by atoms with Crippen molar-refractivity contribution >= 4 is 5.69 Å². The second-order valence-electron chi connectivity index (χ2n) is 4.55. The van der Waals surface area contributed by atoms with Crippen LogP contribution in [-0.2, 0) is 6.54 Å². The minimum atomic E-state index is 0.596. The lowest BCUT2D eigenvalue weighted by molar-refractivity contribution is 1.09. The topological polar surface area (TPSA) is 77.4 Å². The highest BCUT2D eigenvalue weighted by Crippen LogP contribution is 2.18. The fourth-order valence-electron chi connectivity index (χ4n) is 2.05. The van der Waals surface area contributed by atoms with Gasteiger partial charge in [0, 0.05) is 18.9 Å². The second-order valence-corrected chi connectivity index (χ2v) is 4.55. The minimum Gasteiger partial charge on any atom is -0.379 e. The summed E-state index contributed by atoms with van der Waals surface area (Å²) in [7, 11) is 0. The molecule has 3 rings (SSSR count). The molecular formula is C16H13N5. The van der Waals surface area contributed by atoms with Crippen LogP contribution in [0.2, 0.25) is 0 Å². The van der Waals surface area contributed by atoms with Crippen LogP contribution in [0, 0.1) is 11.3 Å². The molecule has 0 spiro atoms. The number of nitrogens with zero attached hydrogens (tertiary/aromatic N) is 3. The number of H-pyrrole nitrogens is 1. The Morgan fingerprint density at radius 1 is 1.10 bits per heavy atom. The summed E-state index contributed by atoms with van der Waals surface area (Å²) < 4.78 is 0. The van der Waals surface area contributed by atoms with Crippen LogP contribution >= 0.6 is 0 Å². The first-order valence-corrected chi connectivity index (χ1v) is 6.53. The van der Waals surface area contributed by atoms with Crippen LogP contribution in [0.15, 0.2) is 55.0 Å². The highest BCUT2D eigenvalue weighted by Gasteiger charge is 2.02. The number of hydrogen-bond donors (Lipinski definition) is 2. The Morgan fingerprint density at radius 3 is 2.67 bits per heavy atom. The zero-order valence-corrected chi connectivity index (χ0v) is 11.2. The van der Waals surface area contributed by atoms with Gasteiger partial charge in [-0.05, 0) is 23.3 Å². The van der Waals surface area contributed by atoms with E-state index in [1.165, 1.54) is 0 Å². The van der Waals surface area contributed by atoms with E-state index < -0.39 is 0 Å². The molecule has 102 valence electrons. The molecule has 0 aliphatic carbocycles. The summed E-state index contributed by atoms with van der Waals surface area (Å²) in [5.74, 6) is 0. The third-order valence-electron chi connectivity index (χ3n) is 3.19. The van der Waals surface area contributed by atoms with Crippen LogP contribution in [0.3, 0.4) is 0 Å². The second kappa shape index (κ2) is 5.88. The molecule has 0 radical (unpaired) electrons. The van der Waals surface area contributed by atoms with Crippen molar-refractivity contribution in [2.45, 2.75) is 6.54 Å². The van der Waals surface area contributed by atoms with E-state index in [0.717, 1.165) is 22.5 Å². The molecule has 5 heteroatoms. The van der Waals surface area contributed by atoms with E-state index in [-0.39, 0.29) is 0 Å². The SMILES string of the molecule is N#Cc1ccncc1NCc1ccc(-c2ccn[nH]2)cc1. The molecule has 2 aromatic heterocycles. The number of hydrogen-bond acceptors (Lipinski definition) is 4. The summed E-state index contributed by atoms with van der Waals surface area (Å²) in [5, 5.41) is 19.1. The first kappa shape index (κ1) is 12.9. The summed E-state index contributed by atoms with van der Waals surface area (Å²) in [6, 6.07) is 14.0. The van der Waals surface area contributed by atoms with Gasteiger partial charge in [0.25, 0.3) is 0 Å². The summed E-state index contributed by atoms with van der Waals surface area (Å²) in [6.45, 7) is 0.642. The molecule has 21 heavy (non-hydrogen) atoms. The van der Waals surface area contributed by atoms with Crippen LogP contribution in [0.4, 0.5) is 5.69 Å². The van der Waals surface area contributed by atoms with Gasteiger partial charge >= 0.3 is 0 Å². The molecule has 0 amide bonds. The number of aromatic nitrogens is 3. The van der Waals surface area contributed by atoms with Crippen molar-refractivity contribution in [2.24, 2.45) is 0 Å². The fraction of sp³-hybridized carbons (Fsp3) is 0.0625. The van der Waals surface area contributed by atoms with Crippen molar-refractivity contribution in [3.05, 3.63) is 66.1 Å². The molecule has 3 aromatic rings. The van der Waals surface area contributed by atoms with Crippen molar-refractivity contribution in [3.63, 3.8) is 0 Å². The third-order valence-corrected chi connectivity index (χ3v) is 3.19. The molecule has 0 saturated heterocycles. The van der Waals surface area contributed by atoms with Gasteiger partial charge in [-0.2, -0.15) is 10.4 Å². The number of pyridine rings is 1. The van der Waals surface area contributed by atoms with E-state index in [9.17, 15) is 0 Å². The lowest BCUT2D eigenvalue weighted by Gasteiger charge is -2.08. The summed E-state index contributed by atoms with van der Waals surface area (Å²) in [5.41, 5.74) is 4.56. The smallest absolute Gasteiger partial charge is 0.101 e. The fourth-order valence-corrected chi connectivity index (χ4v) is 2.05. The van der Waals surface area contributed by atoms with Gasteiger partial charge in [-0.3, -0.25) is 10.1 Å². The first-order chi connectivity index (χ1) is 10.4. The molecule has 0 fully saturated rings. The molecule has 0 bridgehead atoms. The number of aromatic amines is 1. The van der Waals surface area contributed by atoms with Crippen LogP contribution in [0.5, 0.6) is 0 Å². The highest BCUT2D eigenvalue weighted by atomic mass is 15.1. The molecule has 0 atom stereocenters. The van der Waals surface area contributed by atoms with E-state index in [1.807, 2.05) is 30.3 Å². The van der Waals surface area contributed by atoms with Crippen molar-refractivity contribution in [3.8, 4) is 17.3 Å². The van der Waals surface area contributed by atoms with Gasteiger partial charge in [-0.25, -0.2) is 0 Å². The van der Waals surface area contributed by atoms with Crippen molar-refractivity contribution in [1.29, 1.82) is 5.26 Å². The van der Waals surface area contributed by atoms with Crippen molar-refractivity contribution in [2.75, 3.05) is 5.32 Å². The highest BCUT2D eigenvalue weighted by molar-refractivity contribution is 5.59. The average Bonchev–Trinajstić information content (AvgIpc) is 3.08. The lowest BCUT2D eigenvalue weighted by atomic mass is 10.1. The Morgan fingerprint density at radius 2 is 1.95 bits per heavy atom. The first-order valence-electron chi connectivity index (χ1n) is 6.53. The quantitative estimate of drug-likeness (QED) is 0.767. The molecule has 5 nitrogen and oxygen atoms in total. The summed E-state index contributed by atoms with van der Waals surface area (Å²) in [6.07, 6.45) is 5.01. The zero-order valence-electron chi connectivity index (χ0n) is 11.2. The predicted octanol–water partition coefficient (Wildman–Crippen LogP) is 2.96. The average molecular weight is 275 g/mol. The van der Waals surface area contributed by atoms with Gasteiger partial charge in [-0.15, -0.1) is 0 Å². The van der Waals surface area contributed by atoms with E-state index in [4.69, 9.17) is 5.26 Å². The van der Waals surface area contributed by atoms with Crippen LogP contribution in [-0.4, -0.2) is 15.2 Å². The van der Waals surface area contributed by atoms with Crippen molar-refractivity contribution in [1.82, 2.24) is 15.2 Å². The van der Waals surface area contributed by atoms with E-state index in [0.29, 0.717) is 12.1 Å². The molecule has 0 aliphatic rings. The van der Waals surface area contributed by atoms with E-state index >= 15 is 0 Å². The molecule has 1 aromatic carbocycles. The van der Waals surface area contributed by atoms with Gasteiger partial charge < -0.3 is 5.32 Å². The van der Waals surface area contributed by atoms with Crippen LogP contribution in [0.1, 0.15) is 11.1 Å².